The summed E-state index contributed by atoms with van der Waals surface area (Å²) in [4.78, 5) is 13.5. The largest absolute Gasteiger partial charge is 0.344 e. The number of amides is 1. The zero-order chi connectivity index (χ0) is 25.7. The molecule has 4 aromatic carbocycles. The van der Waals surface area contributed by atoms with Crippen LogP contribution >= 0.6 is 11.6 Å². The summed E-state index contributed by atoms with van der Waals surface area (Å²) in [5.74, 6) is -0.428. The van der Waals surface area contributed by atoms with Crippen molar-refractivity contribution >= 4 is 33.2 Å². The number of anilines is 1. The number of hydrogen-bond acceptors (Lipinski definition) is 3. The number of hydrogen-bond donors (Lipinski definition) is 1. The van der Waals surface area contributed by atoms with Crippen LogP contribution in [0.5, 0.6) is 0 Å². The molecule has 4 aromatic rings. The fraction of sp³-hybridized carbons (Fsp3) is 0.138. The van der Waals surface area contributed by atoms with Crippen LogP contribution in [0.15, 0.2) is 108 Å². The quantitative estimate of drug-likeness (QED) is 0.308. The van der Waals surface area contributed by atoms with Gasteiger partial charge in [0.1, 0.15) is 6.54 Å². The molecule has 36 heavy (non-hydrogen) atoms. The number of aryl methyl sites for hydroxylation is 2. The molecular weight excluding hydrogens is 492 g/mol. The van der Waals surface area contributed by atoms with Gasteiger partial charge in [0, 0.05) is 5.02 Å². The van der Waals surface area contributed by atoms with Gasteiger partial charge in [0.05, 0.1) is 16.6 Å². The van der Waals surface area contributed by atoms with E-state index in [9.17, 15) is 13.2 Å². The molecule has 0 fully saturated rings. The molecule has 0 aliphatic heterocycles. The van der Waals surface area contributed by atoms with E-state index in [2.05, 4.69) is 5.32 Å². The van der Waals surface area contributed by atoms with E-state index in [0.29, 0.717) is 10.7 Å². The van der Waals surface area contributed by atoms with E-state index in [4.69, 9.17) is 11.6 Å². The van der Waals surface area contributed by atoms with E-state index in [1.807, 2.05) is 80.6 Å². The minimum atomic E-state index is -4.04. The van der Waals surface area contributed by atoms with Gasteiger partial charge < -0.3 is 5.32 Å². The lowest BCUT2D eigenvalue weighted by Crippen LogP contribution is -2.42. The van der Waals surface area contributed by atoms with Gasteiger partial charge in [0.2, 0.25) is 5.91 Å². The molecule has 0 saturated heterocycles. The number of benzene rings is 4. The molecule has 1 N–H and O–H groups in total. The van der Waals surface area contributed by atoms with Crippen LogP contribution in [0.25, 0.3) is 0 Å². The van der Waals surface area contributed by atoms with Crippen LogP contribution in [0, 0.1) is 13.8 Å². The molecule has 5 nitrogen and oxygen atoms in total. The molecule has 1 amide bonds. The maximum absolute atomic E-state index is 13.6. The van der Waals surface area contributed by atoms with Crippen LogP contribution in [0.4, 0.5) is 5.69 Å². The van der Waals surface area contributed by atoms with E-state index in [-0.39, 0.29) is 11.4 Å². The van der Waals surface area contributed by atoms with Crippen LogP contribution in [0.2, 0.25) is 5.02 Å². The summed E-state index contributed by atoms with van der Waals surface area (Å²) in [5, 5.41) is 3.48. The fourth-order valence-corrected chi connectivity index (χ4v) is 5.41. The number of carbonyl (C=O) groups excluding carboxylic acids is 1. The van der Waals surface area contributed by atoms with Crippen molar-refractivity contribution in [2.75, 3.05) is 10.8 Å². The average molecular weight is 519 g/mol. The molecule has 0 heterocycles. The van der Waals surface area contributed by atoms with E-state index in [1.165, 1.54) is 24.3 Å². The summed E-state index contributed by atoms with van der Waals surface area (Å²) in [6.45, 7) is 3.53. The highest BCUT2D eigenvalue weighted by molar-refractivity contribution is 7.92. The number of halogens is 1. The van der Waals surface area contributed by atoms with Crippen molar-refractivity contribution in [3.05, 3.63) is 130 Å². The molecule has 0 radical (unpaired) electrons. The van der Waals surface area contributed by atoms with E-state index < -0.39 is 22.0 Å². The zero-order valence-corrected chi connectivity index (χ0v) is 21.6. The Labute approximate surface area is 217 Å². The summed E-state index contributed by atoms with van der Waals surface area (Å²) in [7, 11) is -4.04. The average Bonchev–Trinajstić information content (AvgIpc) is 2.88. The second-order valence-corrected chi connectivity index (χ2v) is 10.9. The molecule has 0 bridgehead atoms. The van der Waals surface area contributed by atoms with Crippen LogP contribution in [-0.4, -0.2) is 20.9 Å². The van der Waals surface area contributed by atoms with Crippen LogP contribution in [0.3, 0.4) is 0 Å². The number of rotatable bonds is 8. The summed E-state index contributed by atoms with van der Waals surface area (Å²) in [6.07, 6.45) is 0. The highest BCUT2D eigenvalue weighted by Crippen LogP contribution is 2.26. The van der Waals surface area contributed by atoms with Crippen molar-refractivity contribution in [1.82, 2.24) is 5.32 Å². The zero-order valence-electron chi connectivity index (χ0n) is 20.1. The van der Waals surface area contributed by atoms with Gasteiger partial charge in [0.15, 0.2) is 0 Å². The molecule has 0 aliphatic rings. The fourth-order valence-electron chi connectivity index (χ4n) is 3.86. The standard InChI is InChI=1S/C29H27ClN2O3S/c1-21-8-12-24(13-9-21)29(23-6-4-3-5-7-23)31-28(33)20-32(26-16-10-22(2)11-17-26)36(34,35)27-18-14-25(30)15-19-27/h3-19,29H,20H2,1-2H3,(H,31,33)/t29-/m0/s1. The first-order valence-electron chi connectivity index (χ1n) is 11.5. The van der Waals surface area contributed by atoms with Gasteiger partial charge in [-0.25, -0.2) is 8.42 Å². The highest BCUT2D eigenvalue weighted by atomic mass is 35.5. The third kappa shape index (κ3) is 5.96. The Hall–Kier alpha value is -3.61. The van der Waals surface area contributed by atoms with E-state index >= 15 is 0 Å². The Morgan fingerprint density at radius 3 is 1.89 bits per heavy atom. The lowest BCUT2D eigenvalue weighted by molar-refractivity contribution is -0.120. The maximum atomic E-state index is 13.6. The Morgan fingerprint density at radius 1 is 0.778 bits per heavy atom. The van der Waals surface area contributed by atoms with Gasteiger partial charge in [-0.1, -0.05) is 89.5 Å². The molecule has 0 unspecified atom stereocenters. The molecule has 1 atom stereocenters. The van der Waals surface area contributed by atoms with Crippen molar-refractivity contribution in [3.63, 3.8) is 0 Å². The molecule has 4 rings (SSSR count). The first kappa shape index (κ1) is 25.5. The number of sulfonamides is 1. The molecule has 0 spiro atoms. The normalized spacial score (nSPS) is 12.1. The minimum Gasteiger partial charge on any atom is -0.344 e. The van der Waals surface area contributed by atoms with E-state index in [0.717, 1.165) is 26.6 Å². The summed E-state index contributed by atoms with van der Waals surface area (Å²) in [5.41, 5.74) is 4.30. The predicted molar refractivity (Wildman–Crippen MR) is 145 cm³/mol. The Kier molecular flexibility index (Phi) is 7.77. The SMILES string of the molecule is Cc1ccc([C@@H](NC(=O)CN(c2ccc(C)cc2)S(=O)(=O)c2ccc(Cl)cc2)c2ccccc2)cc1. The first-order valence-corrected chi connectivity index (χ1v) is 13.3. The Balaban J connectivity index is 1.68. The van der Waals surface area contributed by atoms with Crippen LogP contribution < -0.4 is 9.62 Å². The third-order valence-corrected chi connectivity index (χ3v) is 7.90. The lowest BCUT2D eigenvalue weighted by atomic mass is 9.98. The molecular formula is C29H27ClN2O3S. The van der Waals surface area contributed by atoms with Crippen molar-refractivity contribution in [2.24, 2.45) is 0 Å². The van der Waals surface area contributed by atoms with Crippen LogP contribution in [0.1, 0.15) is 28.3 Å². The Bertz CT molecular complexity index is 1420. The van der Waals surface area contributed by atoms with Crippen molar-refractivity contribution in [1.29, 1.82) is 0 Å². The van der Waals surface area contributed by atoms with Crippen molar-refractivity contribution < 1.29 is 13.2 Å². The van der Waals surface area contributed by atoms with Crippen molar-refractivity contribution in [3.8, 4) is 0 Å². The van der Waals surface area contributed by atoms with Gasteiger partial charge in [-0.2, -0.15) is 0 Å². The van der Waals surface area contributed by atoms with Gasteiger partial charge in [-0.05, 0) is 61.4 Å². The molecule has 0 aliphatic carbocycles. The van der Waals surface area contributed by atoms with Gasteiger partial charge in [-0.15, -0.1) is 0 Å². The van der Waals surface area contributed by atoms with Gasteiger partial charge in [-0.3, -0.25) is 9.10 Å². The monoisotopic (exact) mass is 518 g/mol. The predicted octanol–water partition coefficient (Wildman–Crippen LogP) is 6.06. The molecule has 7 heteroatoms. The first-order chi connectivity index (χ1) is 17.2. The number of nitrogens with one attached hydrogen (secondary N) is 1. The van der Waals surface area contributed by atoms with Crippen molar-refractivity contribution in [2.45, 2.75) is 24.8 Å². The molecule has 0 aromatic heterocycles. The minimum absolute atomic E-state index is 0.0541. The molecule has 0 saturated carbocycles. The van der Waals surface area contributed by atoms with Crippen LogP contribution in [-0.2, 0) is 14.8 Å². The summed E-state index contributed by atoms with van der Waals surface area (Å²) >= 11 is 5.97. The second-order valence-electron chi connectivity index (χ2n) is 8.62. The molecule has 184 valence electrons. The third-order valence-electron chi connectivity index (χ3n) is 5.86. The number of carbonyl (C=O) groups is 1. The highest BCUT2D eigenvalue weighted by Gasteiger charge is 2.28. The topological polar surface area (TPSA) is 66.5 Å². The lowest BCUT2D eigenvalue weighted by Gasteiger charge is -2.26. The van der Waals surface area contributed by atoms with Gasteiger partial charge in [0.25, 0.3) is 10.0 Å². The Morgan fingerprint density at radius 2 is 1.31 bits per heavy atom. The number of nitrogens with zero attached hydrogens (tertiary/aromatic N) is 1. The second kappa shape index (κ2) is 11.0. The van der Waals surface area contributed by atoms with E-state index in [1.54, 1.807) is 12.1 Å². The smallest absolute Gasteiger partial charge is 0.264 e. The summed E-state index contributed by atoms with van der Waals surface area (Å²) in [6, 6.07) is 30.0. The van der Waals surface area contributed by atoms with Gasteiger partial charge >= 0.3 is 0 Å². The summed E-state index contributed by atoms with van der Waals surface area (Å²) < 4.78 is 28.4. The maximum Gasteiger partial charge on any atom is 0.264 e.